The van der Waals surface area contributed by atoms with Crippen LogP contribution >= 0.6 is 23.2 Å². The predicted molar refractivity (Wildman–Crippen MR) is 150 cm³/mol. The van der Waals surface area contributed by atoms with Crippen LogP contribution in [0.2, 0.25) is 10.0 Å². The van der Waals surface area contributed by atoms with Gasteiger partial charge in [0.2, 0.25) is 0 Å². The summed E-state index contributed by atoms with van der Waals surface area (Å²) >= 11 is 13.3. The summed E-state index contributed by atoms with van der Waals surface area (Å²) < 4.78 is 7.71. The maximum atomic E-state index is 10.1. The third-order valence-electron chi connectivity index (χ3n) is 6.67. The second kappa shape index (κ2) is 11.3. The van der Waals surface area contributed by atoms with Crippen LogP contribution < -0.4 is 9.64 Å². The number of aromatic nitrogens is 5. The lowest BCUT2D eigenvalue weighted by atomic mass is 10.1. The molecule has 0 saturated heterocycles. The van der Waals surface area contributed by atoms with E-state index in [2.05, 4.69) is 21.0 Å². The quantitative estimate of drug-likeness (QED) is 0.268. The van der Waals surface area contributed by atoms with Gasteiger partial charge in [0, 0.05) is 30.4 Å². The molecule has 0 bridgehead atoms. The van der Waals surface area contributed by atoms with Crippen LogP contribution in [-0.2, 0) is 19.6 Å². The molecule has 10 heteroatoms. The fourth-order valence-electron chi connectivity index (χ4n) is 4.73. The van der Waals surface area contributed by atoms with Crippen molar-refractivity contribution in [2.45, 2.75) is 59.4 Å². The van der Waals surface area contributed by atoms with E-state index in [9.17, 15) is 5.11 Å². The van der Waals surface area contributed by atoms with E-state index in [1.807, 2.05) is 43.8 Å². The van der Waals surface area contributed by atoms with Crippen LogP contribution in [0.4, 0.5) is 5.82 Å². The van der Waals surface area contributed by atoms with E-state index in [4.69, 9.17) is 37.9 Å². The second-order valence-corrected chi connectivity index (χ2v) is 10.2. The number of benzene rings is 1. The number of nitrogens with zero attached hydrogens (tertiary/aromatic N) is 6. The number of anilines is 1. The Balaban J connectivity index is 1.61. The summed E-state index contributed by atoms with van der Waals surface area (Å²) in [6, 6.07) is 9.41. The molecule has 0 radical (unpaired) electrons. The van der Waals surface area contributed by atoms with Crippen molar-refractivity contribution >= 4 is 29.0 Å². The Bertz CT molecular complexity index is 1430. The lowest BCUT2D eigenvalue weighted by molar-refractivity contribution is 0.0994. The number of aryl methyl sites for hydroxylation is 1. The Morgan fingerprint density at radius 3 is 2.71 bits per heavy atom. The van der Waals surface area contributed by atoms with E-state index < -0.39 is 6.10 Å². The first-order valence-corrected chi connectivity index (χ1v) is 13.5. The fourth-order valence-corrected chi connectivity index (χ4v) is 5.16. The molecule has 1 aromatic carbocycles. The van der Waals surface area contributed by atoms with Crippen molar-refractivity contribution in [3.8, 4) is 28.5 Å². The van der Waals surface area contributed by atoms with Crippen LogP contribution in [0.3, 0.4) is 0 Å². The summed E-state index contributed by atoms with van der Waals surface area (Å²) in [6.45, 7) is 8.21. The number of fused-ring (bicyclic) bond motifs is 1. The molecule has 1 aliphatic rings. The Labute approximate surface area is 232 Å². The van der Waals surface area contributed by atoms with Crippen molar-refractivity contribution < 1.29 is 9.84 Å². The van der Waals surface area contributed by atoms with Gasteiger partial charge in [0.05, 0.1) is 40.3 Å². The maximum Gasteiger partial charge on any atom is 0.163 e. The highest BCUT2D eigenvalue weighted by atomic mass is 35.5. The second-order valence-electron chi connectivity index (χ2n) is 9.36. The fraction of sp³-hybridized carbons (Fsp3) is 0.357. The SMILES string of the molecule is CCC[C@@H](O)COc1ccc(Cl)c(-c2nc(-c3c(Cl)cnn3CC)c(C)c(N3Cc4cccnc4C3)n2)c1. The molecule has 4 heterocycles. The molecule has 0 spiro atoms. The van der Waals surface area contributed by atoms with Gasteiger partial charge in [-0.2, -0.15) is 5.10 Å². The van der Waals surface area contributed by atoms with Crippen LogP contribution in [-0.4, -0.2) is 42.5 Å². The highest BCUT2D eigenvalue weighted by molar-refractivity contribution is 6.33. The zero-order chi connectivity index (χ0) is 26.8. The van der Waals surface area contributed by atoms with Crippen LogP contribution in [0, 0.1) is 6.92 Å². The number of rotatable bonds is 9. The van der Waals surface area contributed by atoms with Gasteiger partial charge in [0.25, 0.3) is 0 Å². The summed E-state index contributed by atoms with van der Waals surface area (Å²) in [7, 11) is 0. The van der Waals surface area contributed by atoms with E-state index in [1.54, 1.807) is 18.3 Å². The van der Waals surface area contributed by atoms with Gasteiger partial charge in [0.15, 0.2) is 5.82 Å². The molecule has 3 aromatic heterocycles. The molecule has 1 aliphatic heterocycles. The molecule has 4 aromatic rings. The lowest BCUT2D eigenvalue weighted by Gasteiger charge is -2.22. The largest absolute Gasteiger partial charge is 0.491 e. The molecule has 1 atom stereocenters. The van der Waals surface area contributed by atoms with E-state index in [-0.39, 0.29) is 6.61 Å². The van der Waals surface area contributed by atoms with E-state index >= 15 is 0 Å². The molecular weight excluding hydrogens is 523 g/mol. The van der Waals surface area contributed by atoms with Gasteiger partial charge in [-0.15, -0.1) is 0 Å². The molecule has 0 unspecified atom stereocenters. The lowest BCUT2D eigenvalue weighted by Crippen LogP contribution is -2.19. The Kier molecular flexibility index (Phi) is 7.83. The highest BCUT2D eigenvalue weighted by Gasteiger charge is 2.27. The number of ether oxygens (including phenoxy) is 1. The van der Waals surface area contributed by atoms with Gasteiger partial charge < -0.3 is 14.7 Å². The number of hydrogen-bond acceptors (Lipinski definition) is 7. The first kappa shape index (κ1) is 26.4. The van der Waals surface area contributed by atoms with E-state index in [1.165, 1.54) is 5.56 Å². The number of pyridine rings is 1. The normalized spacial score (nSPS) is 13.6. The number of aliphatic hydroxyl groups excluding tert-OH is 1. The summed E-state index contributed by atoms with van der Waals surface area (Å²) in [5.41, 5.74) is 5.15. The van der Waals surface area contributed by atoms with E-state index in [0.29, 0.717) is 58.9 Å². The van der Waals surface area contributed by atoms with Crippen LogP contribution in [0.1, 0.15) is 43.5 Å². The van der Waals surface area contributed by atoms with Crippen LogP contribution in [0.25, 0.3) is 22.8 Å². The average Bonchev–Trinajstić information content (AvgIpc) is 3.51. The monoisotopic (exact) mass is 552 g/mol. The average molecular weight is 553 g/mol. The van der Waals surface area contributed by atoms with Crippen molar-refractivity contribution in [1.29, 1.82) is 0 Å². The zero-order valence-electron chi connectivity index (χ0n) is 21.7. The predicted octanol–water partition coefficient (Wildman–Crippen LogP) is 6.10. The molecule has 198 valence electrons. The molecule has 0 amide bonds. The molecule has 1 N–H and O–H groups in total. The molecule has 0 saturated carbocycles. The van der Waals surface area contributed by atoms with Crippen molar-refractivity contribution in [3.05, 3.63) is 69.6 Å². The molecule has 5 rings (SSSR count). The first-order chi connectivity index (χ1) is 18.4. The Hall–Kier alpha value is -3.20. The van der Waals surface area contributed by atoms with Gasteiger partial charge >= 0.3 is 0 Å². The van der Waals surface area contributed by atoms with Gasteiger partial charge in [-0.1, -0.05) is 42.6 Å². The Morgan fingerprint density at radius 1 is 1.11 bits per heavy atom. The van der Waals surface area contributed by atoms with Gasteiger partial charge in [-0.25, -0.2) is 9.97 Å². The molecular formula is C28H30Cl2N6O2. The van der Waals surface area contributed by atoms with E-state index in [0.717, 1.165) is 29.2 Å². The van der Waals surface area contributed by atoms with Gasteiger partial charge in [-0.3, -0.25) is 9.67 Å². The minimum atomic E-state index is -0.533. The Morgan fingerprint density at radius 2 is 1.95 bits per heavy atom. The third-order valence-corrected chi connectivity index (χ3v) is 7.27. The molecule has 38 heavy (non-hydrogen) atoms. The first-order valence-electron chi connectivity index (χ1n) is 12.8. The van der Waals surface area contributed by atoms with Crippen molar-refractivity contribution in [1.82, 2.24) is 24.7 Å². The minimum Gasteiger partial charge on any atom is -0.491 e. The zero-order valence-corrected chi connectivity index (χ0v) is 23.2. The van der Waals surface area contributed by atoms with Gasteiger partial charge in [-0.05, 0) is 50.1 Å². The highest BCUT2D eigenvalue weighted by Crippen LogP contribution is 2.39. The standard InChI is InChI=1S/C28H30Cl2N6O2/c1-4-7-19(37)16-38-20-9-10-22(29)21(12-20)27-33-25(26-23(30)13-32-36(26)5-2)17(3)28(34-27)35-14-18-8-6-11-31-24(18)15-35/h6,8-13,19,37H,4-5,7,14-16H2,1-3H3/t19-/m1/s1. The van der Waals surface area contributed by atoms with Gasteiger partial charge in [0.1, 0.15) is 23.9 Å². The number of hydrogen-bond donors (Lipinski definition) is 1. The van der Waals surface area contributed by atoms with Crippen molar-refractivity contribution in [3.63, 3.8) is 0 Å². The summed E-state index contributed by atoms with van der Waals surface area (Å²) in [5, 5.41) is 15.6. The summed E-state index contributed by atoms with van der Waals surface area (Å²) in [5.74, 6) is 1.82. The minimum absolute atomic E-state index is 0.199. The smallest absolute Gasteiger partial charge is 0.163 e. The van der Waals surface area contributed by atoms with Crippen LogP contribution in [0.15, 0.2) is 42.7 Å². The molecule has 0 fully saturated rings. The summed E-state index contributed by atoms with van der Waals surface area (Å²) in [6.07, 6.45) is 4.47. The topological polar surface area (TPSA) is 89.2 Å². The molecule has 8 nitrogen and oxygen atoms in total. The summed E-state index contributed by atoms with van der Waals surface area (Å²) in [4.78, 5) is 16.7. The number of halogens is 2. The van der Waals surface area contributed by atoms with Crippen molar-refractivity contribution in [2.24, 2.45) is 0 Å². The molecule has 0 aliphatic carbocycles. The maximum absolute atomic E-state index is 10.1. The third kappa shape index (κ3) is 5.21. The van der Waals surface area contributed by atoms with Crippen molar-refractivity contribution in [2.75, 3.05) is 11.5 Å². The number of aliphatic hydroxyl groups is 1. The van der Waals surface area contributed by atoms with Crippen LogP contribution in [0.5, 0.6) is 5.75 Å².